The van der Waals surface area contributed by atoms with Crippen LogP contribution in [-0.4, -0.2) is 5.91 Å². The van der Waals surface area contributed by atoms with Crippen molar-refractivity contribution >= 4 is 11.6 Å². The number of hydrogen-bond donors (Lipinski definition) is 0. The molecular weight excluding hydrogens is 282 g/mol. The van der Waals surface area contributed by atoms with Gasteiger partial charge in [0.25, 0.3) is 0 Å². The summed E-state index contributed by atoms with van der Waals surface area (Å²) in [4.78, 5) is 13.9. The SMILES string of the molecule is CC(=O)N(Cc1ccccc1)c1cccc(-c2ccccc2)c1. The molecule has 0 aromatic heterocycles. The molecule has 1 amide bonds. The summed E-state index contributed by atoms with van der Waals surface area (Å²) in [5, 5.41) is 0. The van der Waals surface area contributed by atoms with Crippen molar-refractivity contribution in [2.45, 2.75) is 13.5 Å². The summed E-state index contributed by atoms with van der Waals surface area (Å²) in [6.45, 7) is 2.19. The number of benzene rings is 3. The summed E-state index contributed by atoms with van der Waals surface area (Å²) in [5.74, 6) is 0.0408. The van der Waals surface area contributed by atoms with Crippen LogP contribution in [0.1, 0.15) is 12.5 Å². The lowest BCUT2D eigenvalue weighted by atomic mass is 10.0. The number of hydrogen-bond acceptors (Lipinski definition) is 1. The zero-order valence-corrected chi connectivity index (χ0v) is 13.1. The Morgan fingerprint density at radius 3 is 2.04 bits per heavy atom. The number of amides is 1. The highest BCUT2D eigenvalue weighted by Gasteiger charge is 2.12. The average molecular weight is 301 g/mol. The summed E-state index contributed by atoms with van der Waals surface area (Å²) in [7, 11) is 0. The minimum atomic E-state index is 0.0408. The first-order valence-corrected chi connectivity index (χ1v) is 7.71. The van der Waals surface area contributed by atoms with Gasteiger partial charge in [-0.3, -0.25) is 4.79 Å². The highest BCUT2D eigenvalue weighted by molar-refractivity contribution is 5.92. The minimum Gasteiger partial charge on any atom is -0.308 e. The maximum atomic E-state index is 12.1. The van der Waals surface area contributed by atoms with Crippen LogP contribution in [0.3, 0.4) is 0 Å². The van der Waals surface area contributed by atoms with Crippen molar-refractivity contribution in [3.63, 3.8) is 0 Å². The predicted molar refractivity (Wildman–Crippen MR) is 95.2 cm³/mol. The first-order chi connectivity index (χ1) is 11.2. The van der Waals surface area contributed by atoms with Crippen molar-refractivity contribution in [3.8, 4) is 11.1 Å². The molecule has 0 aliphatic heterocycles. The molecule has 2 heteroatoms. The van der Waals surface area contributed by atoms with E-state index in [0.29, 0.717) is 6.54 Å². The second kappa shape index (κ2) is 6.93. The molecule has 0 unspecified atom stereocenters. The molecule has 23 heavy (non-hydrogen) atoms. The van der Waals surface area contributed by atoms with E-state index in [1.165, 1.54) is 0 Å². The van der Waals surface area contributed by atoms with Crippen molar-refractivity contribution < 1.29 is 4.79 Å². The molecule has 0 fully saturated rings. The van der Waals surface area contributed by atoms with Gasteiger partial charge in [-0.15, -0.1) is 0 Å². The Hall–Kier alpha value is -2.87. The molecule has 3 aromatic carbocycles. The molecule has 3 aromatic rings. The van der Waals surface area contributed by atoms with Crippen LogP contribution in [0.2, 0.25) is 0 Å². The van der Waals surface area contributed by atoms with Crippen molar-refractivity contribution in [1.29, 1.82) is 0 Å². The lowest BCUT2D eigenvalue weighted by Gasteiger charge is -2.22. The van der Waals surface area contributed by atoms with E-state index in [9.17, 15) is 4.79 Å². The standard InChI is InChI=1S/C21H19NO/c1-17(23)22(16-18-9-4-2-5-10-18)21-14-8-13-20(15-21)19-11-6-3-7-12-19/h2-15H,16H2,1H3. The van der Waals surface area contributed by atoms with Crippen molar-refractivity contribution in [2.24, 2.45) is 0 Å². The largest absolute Gasteiger partial charge is 0.308 e. The van der Waals surface area contributed by atoms with Gasteiger partial charge in [-0.1, -0.05) is 72.8 Å². The van der Waals surface area contributed by atoms with E-state index in [1.54, 1.807) is 6.92 Å². The van der Waals surface area contributed by atoms with E-state index in [-0.39, 0.29) is 5.91 Å². The van der Waals surface area contributed by atoms with Gasteiger partial charge in [-0.2, -0.15) is 0 Å². The zero-order valence-electron chi connectivity index (χ0n) is 13.1. The zero-order chi connectivity index (χ0) is 16.1. The molecule has 0 heterocycles. The number of carbonyl (C=O) groups is 1. The van der Waals surface area contributed by atoms with Crippen LogP contribution in [0.4, 0.5) is 5.69 Å². The van der Waals surface area contributed by atoms with Gasteiger partial charge < -0.3 is 4.90 Å². The molecule has 114 valence electrons. The number of carbonyl (C=O) groups excluding carboxylic acids is 1. The highest BCUT2D eigenvalue weighted by atomic mass is 16.2. The van der Waals surface area contributed by atoms with E-state index in [0.717, 1.165) is 22.4 Å². The van der Waals surface area contributed by atoms with Crippen LogP contribution in [0.15, 0.2) is 84.9 Å². The van der Waals surface area contributed by atoms with Crippen LogP contribution < -0.4 is 4.90 Å². The van der Waals surface area contributed by atoms with Gasteiger partial charge in [0.1, 0.15) is 0 Å². The van der Waals surface area contributed by atoms with E-state index in [2.05, 4.69) is 24.3 Å². The van der Waals surface area contributed by atoms with Gasteiger partial charge in [-0.25, -0.2) is 0 Å². The maximum absolute atomic E-state index is 12.1. The molecule has 3 rings (SSSR count). The maximum Gasteiger partial charge on any atom is 0.224 e. The third-order valence-electron chi connectivity index (χ3n) is 3.83. The molecule has 0 bridgehead atoms. The van der Waals surface area contributed by atoms with Crippen molar-refractivity contribution in [1.82, 2.24) is 0 Å². The van der Waals surface area contributed by atoms with Crippen LogP contribution in [0.25, 0.3) is 11.1 Å². The monoisotopic (exact) mass is 301 g/mol. The third kappa shape index (κ3) is 3.67. The summed E-state index contributed by atoms with van der Waals surface area (Å²) < 4.78 is 0. The fourth-order valence-electron chi connectivity index (χ4n) is 2.63. The fourth-order valence-corrected chi connectivity index (χ4v) is 2.63. The molecule has 0 aliphatic rings. The van der Waals surface area contributed by atoms with Gasteiger partial charge in [0.2, 0.25) is 5.91 Å². The smallest absolute Gasteiger partial charge is 0.224 e. The van der Waals surface area contributed by atoms with Gasteiger partial charge in [0, 0.05) is 12.6 Å². The molecule has 0 N–H and O–H groups in total. The molecular formula is C21H19NO. The predicted octanol–water partition coefficient (Wildman–Crippen LogP) is 4.91. The summed E-state index contributed by atoms with van der Waals surface area (Å²) in [6, 6.07) is 28.4. The normalized spacial score (nSPS) is 10.3. The summed E-state index contributed by atoms with van der Waals surface area (Å²) >= 11 is 0. The molecule has 2 nitrogen and oxygen atoms in total. The van der Waals surface area contributed by atoms with E-state index in [1.807, 2.05) is 65.6 Å². The summed E-state index contributed by atoms with van der Waals surface area (Å²) in [5.41, 5.74) is 4.30. The molecule has 0 spiro atoms. The summed E-state index contributed by atoms with van der Waals surface area (Å²) in [6.07, 6.45) is 0. The average Bonchev–Trinajstić information content (AvgIpc) is 2.61. The second-order valence-electron chi connectivity index (χ2n) is 5.51. The first-order valence-electron chi connectivity index (χ1n) is 7.71. The van der Waals surface area contributed by atoms with Crippen molar-refractivity contribution in [2.75, 3.05) is 4.90 Å². The van der Waals surface area contributed by atoms with E-state index < -0.39 is 0 Å². The Morgan fingerprint density at radius 2 is 1.39 bits per heavy atom. The molecule has 0 aliphatic carbocycles. The Labute approximate surface area is 137 Å². The minimum absolute atomic E-state index is 0.0408. The molecule has 0 saturated heterocycles. The number of rotatable bonds is 4. The van der Waals surface area contributed by atoms with Crippen LogP contribution in [0.5, 0.6) is 0 Å². The number of nitrogens with zero attached hydrogens (tertiary/aromatic N) is 1. The van der Waals surface area contributed by atoms with Crippen LogP contribution in [-0.2, 0) is 11.3 Å². The van der Waals surface area contributed by atoms with Crippen molar-refractivity contribution in [3.05, 3.63) is 90.5 Å². The topological polar surface area (TPSA) is 20.3 Å². The van der Waals surface area contributed by atoms with Gasteiger partial charge >= 0.3 is 0 Å². The molecule has 0 saturated carbocycles. The van der Waals surface area contributed by atoms with Gasteiger partial charge in [0.15, 0.2) is 0 Å². The van der Waals surface area contributed by atoms with Gasteiger partial charge in [0.05, 0.1) is 6.54 Å². The fraction of sp³-hybridized carbons (Fsp3) is 0.0952. The van der Waals surface area contributed by atoms with Crippen LogP contribution in [0, 0.1) is 0 Å². The lowest BCUT2D eigenvalue weighted by molar-refractivity contribution is -0.116. The third-order valence-corrected chi connectivity index (χ3v) is 3.83. The Bertz CT molecular complexity index is 781. The quantitative estimate of drug-likeness (QED) is 0.670. The van der Waals surface area contributed by atoms with Gasteiger partial charge in [-0.05, 0) is 28.8 Å². The number of anilines is 1. The van der Waals surface area contributed by atoms with E-state index >= 15 is 0 Å². The first kappa shape index (κ1) is 15.0. The Balaban J connectivity index is 1.93. The van der Waals surface area contributed by atoms with E-state index in [4.69, 9.17) is 0 Å². The van der Waals surface area contributed by atoms with Crippen LogP contribution >= 0.6 is 0 Å². The lowest BCUT2D eigenvalue weighted by Crippen LogP contribution is -2.27. The molecule has 0 radical (unpaired) electrons. The Kier molecular flexibility index (Phi) is 4.53. The second-order valence-corrected chi connectivity index (χ2v) is 5.51. The highest BCUT2D eigenvalue weighted by Crippen LogP contribution is 2.25. The Morgan fingerprint density at radius 1 is 0.783 bits per heavy atom. The molecule has 0 atom stereocenters.